The van der Waals surface area contributed by atoms with Crippen LogP contribution in [0.1, 0.15) is 30.3 Å². The zero-order valence-electron chi connectivity index (χ0n) is 16.1. The van der Waals surface area contributed by atoms with Crippen LogP contribution < -0.4 is 15.4 Å². The van der Waals surface area contributed by atoms with Crippen LogP contribution in [-0.4, -0.2) is 31.1 Å². The fraction of sp³-hybridized carbons (Fsp3) is 0.273. The molecular weight excluding hydrogens is 372 g/mol. The molecule has 3 aromatic rings. The zero-order valence-corrected chi connectivity index (χ0v) is 16.1. The van der Waals surface area contributed by atoms with E-state index in [9.17, 15) is 9.59 Å². The average Bonchev–Trinajstić information content (AvgIpc) is 3.38. The largest absolute Gasteiger partial charge is 0.492 e. The zero-order chi connectivity index (χ0) is 20.2. The summed E-state index contributed by atoms with van der Waals surface area (Å²) in [5.41, 5.74) is 1.38. The summed E-state index contributed by atoms with van der Waals surface area (Å²) in [4.78, 5) is 25.6. The minimum Gasteiger partial charge on any atom is -0.492 e. The summed E-state index contributed by atoms with van der Waals surface area (Å²) >= 11 is 0. The lowest BCUT2D eigenvalue weighted by molar-refractivity contribution is -0.124. The number of para-hydroxylation sites is 3. The van der Waals surface area contributed by atoms with Crippen molar-refractivity contribution in [2.45, 2.75) is 25.9 Å². The van der Waals surface area contributed by atoms with Crippen molar-refractivity contribution in [3.05, 3.63) is 54.3 Å². The van der Waals surface area contributed by atoms with E-state index >= 15 is 0 Å². The SMILES string of the molecule is CCOc1ccccc1NC(=O)c1oc2ccccc2c1NC(=O)[C@@H]1CCCO1. The van der Waals surface area contributed by atoms with Crippen LogP contribution in [0, 0.1) is 0 Å². The molecule has 0 aliphatic carbocycles. The van der Waals surface area contributed by atoms with E-state index in [1.54, 1.807) is 30.3 Å². The molecule has 1 fully saturated rings. The van der Waals surface area contributed by atoms with E-state index in [4.69, 9.17) is 13.9 Å². The van der Waals surface area contributed by atoms with Gasteiger partial charge in [-0.3, -0.25) is 9.59 Å². The van der Waals surface area contributed by atoms with Gasteiger partial charge in [0.2, 0.25) is 5.76 Å². The number of nitrogens with one attached hydrogen (secondary N) is 2. The van der Waals surface area contributed by atoms with Crippen molar-refractivity contribution in [1.82, 2.24) is 0 Å². The number of carbonyl (C=O) groups excluding carboxylic acids is 2. The minimum absolute atomic E-state index is 0.0313. The van der Waals surface area contributed by atoms with Crippen molar-refractivity contribution in [2.24, 2.45) is 0 Å². The molecule has 4 rings (SSSR count). The van der Waals surface area contributed by atoms with Gasteiger partial charge in [-0.2, -0.15) is 0 Å². The number of amides is 2. The van der Waals surface area contributed by atoms with Crippen LogP contribution in [-0.2, 0) is 9.53 Å². The van der Waals surface area contributed by atoms with Gasteiger partial charge in [-0.15, -0.1) is 0 Å². The van der Waals surface area contributed by atoms with Crippen molar-refractivity contribution in [3.8, 4) is 5.75 Å². The van der Waals surface area contributed by atoms with E-state index in [-0.39, 0.29) is 11.7 Å². The lowest BCUT2D eigenvalue weighted by Crippen LogP contribution is -2.27. The molecule has 2 aromatic carbocycles. The summed E-state index contributed by atoms with van der Waals surface area (Å²) in [6.45, 7) is 2.91. The van der Waals surface area contributed by atoms with Gasteiger partial charge in [-0.1, -0.05) is 24.3 Å². The molecule has 2 N–H and O–H groups in total. The number of furan rings is 1. The van der Waals surface area contributed by atoms with E-state index in [0.717, 1.165) is 6.42 Å². The molecule has 0 unspecified atom stereocenters. The summed E-state index contributed by atoms with van der Waals surface area (Å²) in [6.07, 6.45) is 0.981. The minimum atomic E-state index is -0.516. The Labute approximate surface area is 168 Å². The number of fused-ring (bicyclic) bond motifs is 1. The molecule has 1 aromatic heterocycles. The van der Waals surface area contributed by atoms with Crippen LogP contribution in [0.4, 0.5) is 11.4 Å². The third-order valence-electron chi connectivity index (χ3n) is 4.71. The Morgan fingerprint density at radius 1 is 1.10 bits per heavy atom. The highest BCUT2D eigenvalue weighted by Crippen LogP contribution is 2.33. The monoisotopic (exact) mass is 394 g/mol. The number of carbonyl (C=O) groups is 2. The molecule has 7 nitrogen and oxygen atoms in total. The summed E-state index contributed by atoms with van der Waals surface area (Å²) in [5.74, 6) is -0.165. The Bertz CT molecular complexity index is 1040. The Hall–Kier alpha value is -3.32. The summed E-state index contributed by atoms with van der Waals surface area (Å²) in [5, 5.41) is 6.30. The van der Waals surface area contributed by atoms with Gasteiger partial charge in [-0.25, -0.2) is 0 Å². The third-order valence-corrected chi connectivity index (χ3v) is 4.71. The number of ether oxygens (including phenoxy) is 2. The number of hydrogen-bond donors (Lipinski definition) is 2. The molecule has 0 spiro atoms. The third kappa shape index (κ3) is 3.95. The van der Waals surface area contributed by atoms with Crippen molar-refractivity contribution in [1.29, 1.82) is 0 Å². The fourth-order valence-electron chi connectivity index (χ4n) is 3.35. The van der Waals surface area contributed by atoms with E-state index in [1.165, 1.54) is 0 Å². The standard InChI is InChI=1S/C22H22N2O5/c1-2-27-17-11-6-4-9-15(17)23-22(26)20-19(14-8-3-5-10-16(14)29-20)24-21(25)18-12-7-13-28-18/h3-6,8-11,18H,2,7,12-13H2,1H3,(H,23,26)(H,24,25)/t18-/m0/s1. The Morgan fingerprint density at radius 2 is 1.90 bits per heavy atom. The first-order chi connectivity index (χ1) is 14.2. The number of rotatable bonds is 6. The molecule has 2 heterocycles. The summed E-state index contributed by atoms with van der Waals surface area (Å²) in [6, 6.07) is 14.3. The maximum Gasteiger partial charge on any atom is 0.293 e. The topological polar surface area (TPSA) is 89.8 Å². The van der Waals surface area contributed by atoms with Gasteiger partial charge in [0.25, 0.3) is 11.8 Å². The van der Waals surface area contributed by atoms with Gasteiger partial charge in [0.15, 0.2) is 0 Å². The smallest absolute Gasteiger partial charge is 0.293 e. The molecule has 1 saturated heterocycles. The second-order valence-electron chi connectivity index (χ2n) is 6.68. The van der Waals surface area contributed by atoms with E-state index < -0.39 is 12.0 Å². The van der Waals surface area contributed by atoms with Crippen LogP contribution >= 0.6 is 0 Å². The van der Waals surface area contributed by atoms with Crippen molar-refractivity contribution >= 4 is 34.2 Å². The molecule has 150 valence electrons. The quantitative estimate of drug-likeness (QED) is 0.654. The number of anilines is 2. The summed E-state index contributed by atoms with van der Waals surface area (Å²) < 4.78 is 16.8. The molecule has 0 saturated carbocycles. The van der Waals surface area contributed by atoms with Crippen LogP contribution in [0.2, 0.25) is 0 Å². The highest BCUT2D eigenvalue weighted by molar-refractivity contribution is 6.15. The molecule has 7 heteroatoms. The van der Waals surface area contributed by atoms with Gasteiger partial charge < -0.3 is 24.5 Å². The Morgan fingerprint density at radius 3 is 2.69 bits per heavy atom. The van der Waals surface area contributed by atoms with E-state index in [2.05, 4.69) is 10.6 Å². The molecule has 1 atom stereocenters. The molecule has 0 radical (unpaired) electrons. The Kier molecular flexibility index (Phi) is 5.48. The second-order valence-corrected chi connectivity index (χ2v) is 6.68. The van der Waals surface area contributed by atoms with Gasteiger partial charge in [0.05, 0.1) is 12.3 Å². The highest BCUT2D eigenvalue weighted by Gasteiger charge is 2.28. The van der Waals surface area contributed by atoms with Crippen molar-refractivity contribution < 1.29 is 23.5 Å². The van der Waals surface area contributed by atoms with Crippen LogP contribution in [0.3, 0.4) is 0 Å². The molecule has 2 amide bonds. The molecule has 1 aliphatic rings. The maximum atomic E-state index is 13.0. The predicted octanol–water partition coefficient (Wildman–Crippen LogP) is 4.20. The van der Waals surface area contributed by atoms with Crippen LogP contribution in [0.5, 0.6) is 5.75 Å². The van der Waals surface area contributed by atoms with E-state index in [0.29, 0.717) is 47.7 Å². The normalized spacial score (nSPS) is 16.0. The van der Waals surface area contributed by atoms with Gasteiger partial charge in [0, 0.05) is 12.0 Å². The first-order valence-electron chi connectivity index (χ1n) is 9.64. The first kappa shape index (κ1) is 19.0. The number of hydrogen-bond acceptors (Lipinski definition) is 5. The first-order valence-corrected chi connectivity index (χ1v) is 9.64. The lowest BCUT2D eigenvalue weighted by atomic mass is 10.2. The van der Waals surface area contributed by atoms with Crippen LogP contribution in [0.15, 0.2) is 52.9 Å². The van der Waals surface area contributed by atoms with E-state index in [1.807, 2.05) is 25.1 Å². The van der Waals surface area contributed by atoms with Gasteiger partial charge >= 0.3 is 0 Å². The Balaban J connectivity index is 1.66. The molecule has 29 heavy (non-hydrogen) atoms. The van der Waals surface area contributed by atoms with Crippen molar-refractivity contribution in [2.75, 3.05) is 23.8 Å². The second kappa shape index (κ2) is 8.36. The molecule has 1 aliphatic heterocycles. The molecule has 0 bridgehead atoms. The number of benzene rings is 2. The van der Waals surface area contributed by atoms with Crippen LogP contribution in [0.25, 0.3) is 11.0 Å². The fourth-order valence-corrected chi connectivity index (χ4v) is 3.35. The average molecular weight is 394 g/mol. The maximum absolute atomic E-state index is 13.0. The van der Waals surface area contributed by atoms with Gasteiger partial charge in [0.1, 0.15) is 23.1 Å². The van der Waals surface area contributed by atoms with Crippen molar-refractivity contribution in [3.63, 3.8) is 0 Å². The summed E-state index contributed by atoms with van der Waals surface area (Å²) in [7, 11) is 0. The predicted molar refractivity (Wildman–Crippen MR) is 109 cm³/mol. The lowest BCUT2D eigenvalue weighted by Gasteiger charge is -2.12. The highest BCUT2D eigenvalue weighted by atomic mass is 16.5. The molecular formula is C22H22N2O5. The van der Waals surface area contributed by atoms with Gasteiger partial charge in [-0.05, 0) is 44.0 Å².